The molecule has 5 rings (SSSR count). The summed E-state index contributed by atoms with van der Waals surface area (Å²) in [6.07, 6.45) is 8.77. The number of rotatable bonds is 6. The first-order chi connectivity index (χ1) is 17.0. The minimum atomic E-state index is -1.16. The molecule has 1 aliphatic carbocycles. The fraction of sp³-hybridized carbons (Fsp3) is 0.250. The lowest BCUT2D eigenvalue weighted by Gasteiger charge is -2.31. The van der Waals surface area contributed by atoms with E-state index < -0.39 is 17.7 Å². The molecule has 0 aliphatic heterocycles. The summed E-state index contributed by atoms with van der Waals surface area (Å²) in [5.74, 6) is -1.76. The molecule has 3 aromatic heterocycles. The molecule has 4 N–H and O–H groups in total. The third kappa shape index (κ3) is 4.65. The average molecular weight is 475 g/mol. The summed E-state index contributed by atoms with van der Waals surface area (Å²) in [6.45, 7) is 0. The van der Waals surface area contributed by atoms with Gasteiger partial charge >= 0.3 is 5.97 Å². The van der Waals surface area contributed by atoms with Gasteiger partial charge in [-0.05, 0) is 37.8 Å². The van der Waals surface area contributed by atoms with E-state index in [2.05, 4.69) is 35.6 Å². The number of benzene rings is 1. The predicted molar refractivity (Wildman–Crippen MR) is 125 cm³/mol. The number of fused-ring (bicyclic) bond motifs is 1. The highest BCUT2D eigenvalue weighted by atomic mass is 19.1. The molecule has 178 valence electrons. The predicted octanol–water partition coefficient (Wildman–Crippen LogP) is 3.41. The topological polar surface area (TPSA) is 146 Å². The van der Waals surface area contributed by atoms with E-state index in [0.717, 1.165) is 30.8 Å². The summed E-state index contributed by atoms with van der Waals surface area (Å²) in [5.41, 5.74) is 1.36. The van der Waals surface area contributed by atoms with Crippen LogP contribution in [0.5, 0.6) is 0 Å². The molecule has 3 heterocycles. The number of aromatic amines is 1. The van der Waals surface area contributed by atoms with Crippen LogP contribution in [0.25, 0.3) is 22.4 Å². The van der Waals surface area contributed by atoms with Crippen LogP contribution in [0.4, 0.5) is 10.2 Å². The van der Waals surface area contributed by atoms with E-state index in [0.29, 0.717) is 23.5 Å². The van der Waals surface area contributed by atoms with Crippen molar-refractivity contribution in [2.24, 2.45) is 0 Å². The molecule has 0 saturated heterocycles. The van der Waals surface area contributed by atoms with Gasteiger partial charge < -0.3 is 20.7 Å². The second-order valence-electron chi connectivity index (χ2n) is 8.41. The van der Waals surface area contributed by atoms with Crippen LogP contribution >= 0.6 is 0 Å². The standard InChI is InChI=1S/C24H22FN7O3/c25-19-11-28-21(18-10-27-20-17(18)9-26-12-29-20)32-22(19)30-13-4-3-5-14(8-13)31-23(33)15-6-1-2-7-16(15)24(34)35/h1-2,6-7,9-14H,3-5,8H2,(H,31,33)(H,34,35)(H,26,27,29)(H,28,30,32)/t13-,14+/m1/s1. The number of carbonyl (C=O) groups excluding carboxylic acids is 1. The van der Waals surface area contributed by atoms with Crippen molar-refractivity contribution in [2.75, 3.05) is 5.32 Å². The van der Waals surface area contributed by atoms with Gasteiger partial charge in [-0.3, -0.25) is 4.79 Å². The number of hydrogen-bond donors (Lipinski definition) is 4. The molecular formula is C24H22FN7O3. The Morgan fingerprint density at radius 3 is 2.71 bits per heavy atom. The SMILES string of the molecule is O=C(O)c1ccccc1C(=O)N[C@H]1CCC[C@@H](Nc2nc(-c3c[nH]c4ncncc34)ncc2F)C1. The Hall–Kier alpha value is -4.41. The summed E-state index contributed by atoms with van der Waals surface area (Å²) in [6, 6.07) is 5.78. The lowest BCUT2D eigenvalue weighted by molar-refractivity contribution is 0.0690. The normalized spacial score (nSPS) is 17.7. The van der Waals surface area contributed by atoms with E-state index in [4.69, 9.17) is 0 Å². The van der Waals surface area contributed by atoms with Crippen LogP contribution in [-0.2, 0) is 0 Å². The summed E-state index contributed by atoms with van der Waals surface area (Å²) >= 11 is 0. The smallest absolute Gasteiger partial charge is 0.336 e. The van der Waals surface area contributed by atoms with Crippen LogP contribution in [0.15, 0.2) is 49.2 Å². The summed E-state index contributed by atoms with van der Waals surface area (Å²) in [7, 11) is 0. The maximum Gasteiger partial charge on any atom is 0.336 e. The van der Waals surface area contributed by atoms with E-state index in [1.54, 1.807) is 24.5 Å². The number of carboxylic acid groups (broad SMARTS) is 1. The first-order valence-electron chi connectivity index (χ1n) is 11.2. The van der Waals surface area contributed by atoms with E-state index in [-0.39, 0.29) is 29.0 Å². The van der Waals surface area contributed by atoms with Gasteiger partial charge in [0.1, 0.15) is 12.0 Å². The number of nitrogens with zero attached hydrogens (tertiary/aromatic N) is 4. The third-order valence-electron chi connectivity index (χ3n) is 6.09. The number of carboxylic acids is 1. The zero-order chi connectivity index (χ0) is 24.4. The summed E-state index contributed by atoms with van der Waals surface area (Å²) in [5, 5.41) is 16.2. The average Bonchev–Trinajstić information content (AvgIpc) is 3.30. The lowest BCUT2D eigenvalue weighted by atomic mass is 9.90. The molecule has 0 bridgehead atoms. The number of aromatic carboxylic acids is 1. The number of amides is 1. The van der Waals surface area contributed by atoms with Crippen molar-refractivity contribution in [2.45, 2.75) is 37.8 Å². The maximum atomic E-state index is 14.6. The Bertz CT molecular complexity index is 1410. The minimum Gasteiger partial charge on any atom is -0.478 e. The van der Waals surface area contributed by atoms with Gasteiger partial charge in [0.2, 0.25) is 0 Å². The fourth-order valence-electron chi connectivity index (χ4n) is 4.42. The number of nitrogens with one attached hydrogen (secondary N) is 3. The molecule has 1 saturated carbocycles. The molecule has 11 heteroatoms. The zero-order valence-corrected chi connectivity index (χ0v) is 18.5. The highest BCUT2D eigenvalue weighted by Gasteiger charge is 2.26. The van der Waals surface area contributed by atoms with E-state index in [9.17, 15) is 19.1 Å². The highest BCUT2D eigenvalue weighted by Crippen LogP contribution is 2.27. The van der Waals surface area contributed by atoms with Gasteiger partial charge in [-0.15, -0.1) is 0 Å². The maximum absolute atomic E-state index is 14.6. The number of halogens is 1. The van der Waals surface area contributed by atoms with Crippen molar-refractivity contribution < 1.29 is 19.1 Å². The van der Waals surface area contributed by atoms with Gasteiger partial charge in [0.25, 0.3) is 5.91 Å². The van der Waals surface area contributed by atoms with Crippen molar-refractivity contribution in [3.05, 3.63) is 66.1 Å². The molecule has 0 spiro atoms. The van der Waals surface area contributed by atoms with Gasteiger partial charge in [-0.25, -0.2) is 29.1 Å². The molecule has 0 unspecified atom stereocenters. The molecule has 1 amide bonds. The van der Waals surface area contributed by atoms with Crippen LogP contribution in [0.1, 0.15) is 46.4 Å². The lowest BCUT2D eigenvalue weighted by Crippen LogP contribution is -2.42. The Kier molecular flexibility index (Phi) is 6.04. The highest BCUT2D eigenvalue weighted by molar-refractivity contribution is 6.04. The molecule has 2 atom stereocenters. The zero-order valence-electron chi connectivity index (χ0n) is 18.5. The largest absolute Gasteiger partial charge is 0.478 e. The molecule has 4 aromatic rings. The first kappa shape index (κ1) is 22.4. The van der Waals surface area contributed by atoms with Gasteiger partial charge in [0.15, 0.2) is 17.5 Å². The van der Waals surface area contributed by atoms with E-state index >= 15 is 0 Å². The summed E-state index contributed by atoms with van der Waals surface area (Å²) < 4.78 is 14.6. The Labute approximate surface area is 199 Å². The van der Waals surface area contributed by atoms with Crippen molar-refractivity contribution in [3.8, 4) is 11.4 Å². The number of anilines is 1. The number of carbonyl (C=O) groups is 2. The van der Waals surface area contributed by atoms with Crippen molar-refractivity contribution in [3.63, 3.8) is 0 Å². The van der Waals surface area contributed by atoms with Crippen LogP contribution in [0.2, 0.25) is 0 Å². The second kappa shape index (κ2) is 9.45. The molecule has 1 fully saturated rings. The fourth-order valence-corrected chi connectivity index (χ4v) is 4.42. The molecule has 10 nitrogen and oxygen atoms in total. The Morgan fingerprint density at radius 1 is 1.09 bits per heavy atom. The van der Waals surface area contributed by atoms with Gasteiger partial charge in [0.05, 0.1) is 17.3 Å². The molecule has 1 aromatic carbocycles. The molecular weight excluding hydrogens is 453 g/mol. The Morgan fingerprint density at radius 2 is 1.89 bits per heavy atom. The number of H-pyrrole nitrogens is 1. The quantitative estimate of drug-likeness (QED) is 0.332. The van der Waals surface area contributed by atoms with E-state index in [1.807, 2.05) is 0 Å². The monoisotopic (exact) mass is 475 g/mol. The van der Waals surface area contributed by atoms with Crippen LogP contribution in [0, 0.1) is 5.82 Å². The second-order valence-corrected chi connectivity index (χ2v) is 8.41. The minimum absolute atomic E-state index is 0.0475. The van der Waals surface area contributed by atoms with Crippen LogP contribution < -0.4 is 10.6 Å². The van der Waals surface area contributed by atoms with Crippen molar-refractivity contribution in [1.29, 1.82) is 0 Å². The molecule has 1 aliphatic rings. The Balaban J connectivity index is 1.30. The van der Waals surface area contributed by atoms with Crippen LogP contribution in [0.3, 0.4) is 0 Å². The van der Waals surface area contributed by atoms with E-state index in [1.165, 1.54) is 18.5 Å². The van der Waals surface area contributed by atoms with Crippen molar-refractivity contribution >= 4 is 28.7 Å². The number of aromatic nitrogens is 5. The van der Waals surface area contributed by atoms with Gasteiger partial charge in [-0.1, -0.05) is 12.1 Å². The number of hydrogen-bond acceptors (Lipinski definition) is 7. The van der Waals surface area contributed by atoms with Crippen molar-refractivity contribution in [1.82, 2.24) is 30.2 Å². The molecule has 35 heavy (non-hydrogen) atoms. The summed E-state index contributed by atoms with van der Waals surface area (Å²) in [4.78, 5) is 43.9. The molecule has 0 radical (unpaired) electrons. The first-order valence-corrected chi connectivity index (χ1v) is 11.2. The van der Waals surface area contributed by atoms with Gasteiger partial charge in [0, 0.05) is 35.4 Å². The third-order valence-corrected chi connectivity index (χ3v) is 6.09. The van der Waals surface area contributed by atoms with Gasteiger partial charge in [-0.2, -0.15) is 0 Å². The van der Waals surface area contributed by atoms with Crippen LogP contribution in [-0.4, -0.2) is 54.0 Å².